The number of halogens is 1. The molecule has 1 unspecified atom stereocenters. The van der Waals surface area contributed by atoms with Crippen molar-refractivity contribution in [2.24, 2.45) is 0 Å². The topological polar surface area (TPSA) is 117 Å². The van der Waals surface area contributed by atoms with Gasteiger partial charge in [0.25, 0.3) is 0 Å². The van der Waals surface area contributed by atoms with Gasteiger partial charge in [0, 0.05) is 26.2 Å². The lowest BCUT2D eigenvalue weighted by Gasteiger charge is -2.40. The van der Waals surface area contributed by atoms with Crippen LogP contribution < -0.4 is 0 Å². The summed E-state index contributed by atoms with van der Waals surface area (Å²) < 4.78 is 21.9. The number of ether oxygens (including phenoxy) is 4. The van der Waals surface area contributed by atoms with E-state index in [-0.39, 0.29) is 6.61 Å². The van der Waals surface area contributed by atoms with E-state index < -0.39 is 42.3 Å². The van der Waals surface area contributed by atoms with Crippen molar-refractivity contribution in [3.8, 4) is 0 Å². The average Bonchev–Trinajstić information content (AvgIpc) is 3.00. The molecule has 9 nitrogen and oxygen atoms in total. The fraction of sp³-hybridized carbons (Fsp3) is 0.474. The van der Waals surface area contributed by atoms with Gasteiger partial charge >= 0.3 is 17.9 Å². The van der Waals surface area contributed by atoms with Gasteiger partial charge in [-0.2, -0.15) is 0 Å². The Hall–Kier alpha value is -2.65. The number of aromatic nitrogens is 2. The highest BCUT2D eigenvalue weighted by Gasteiger charge is 2.47. The number of carbonyl (C=O) groups excluding carboxylic acids is 3. The van der Waals surface area contributed by atoms with Crippen molar-refractivity contribution in [1.82, 2.24) is 9.97 Å². The summed E-state index contributed by atoms with van der Waals surface area (Å²) in [6, 6.07) is 3.54. The molecule has 0 aliphatic carbocycles. The molecule has 1 N–H and O–H groups in total. The summed E-state index contributed by atoms with van der Waals surface area (Å²) in [6.45, 7) is 5.51. The molecule has 0 saturated carbocycles. The lowest BCUT2D eigenvalue weighted by atomic mass is 9.96. The molecule has 0 radical (unpaired) electrons. The van der Waals surface area contributed by atoms with Crippen LogP contribution in [0.2, 0.25) is 5.15 Å². The molecule has 2 aromatic rings. The Bertz CT molecular complexity index is 957. The predicted molar refractivity (Wildman–Crippen MR) is 101 cm³/mol. The first-order valence-electron chi connectivity index (χ1n) is 8.94. The lowest BCUT2D eigenvalue weighted by molar-refractivity contribution is -0.227. The number of nitrogens with one attached hydrogen (secondary N) is 1. The molecule has 1 saturated heterocycles. The van der Waals surface area contributed by atoms with Crippen LogP contribution in [-0.2, 0) is 33.3 Å². The van der Waals surface area contributed by atoms with Gasteiger partial charge in [-0.1, -0.05) is 11.6 Å². The second kappa shape index (κ2) is 8.38. The van der Waals surface area contributed by atoms with Gasteiger partial charge in [-0.15, -0.1) is 0 Å². The summed E-state index contributed by atoms with van der Waals surface area (Å²) in [4.78, 5) is 42.2. The molecule has 1 aliphatic heterocycles. The fourth-order valence-corrected chi connectivity index (χ4v) is 3.66. The van der Waals surface area contributed by atoms with Crippen LogP contribution in [0.15, 0.2) is 12.1 Å². The van der Waals surface area contributed by atoms with Crippen LogP contribution in [0.3, 0.4) is 0 Å². The molecule has 0 bridgehead atoms. The van der Waals surface area contributed by atoms with Gasteiger partial charge < -0.3 is 23.9 Å². The Balaban J connectivity index is 2.02. The van der Waals surface area contributed by atoms with E-state index in [0.717, 1.165) is 10.9 Å². The van der Waals surface area contributed by atoms with E-state index in [0.29, 0.717) is 16.5 Å². The van der Waals surface area contributed by atoms with Crippen LogP contribution in [0.4, 0.5) is 0 Å². The molecule has 29 heavy (non-hydrogen) atoms. The third-order valence-electron chi connectivity index (χ3n) is 4.45. The van der Waals surface area contributed by atoms with Crippen molar-refractivity contribution in [1.29, 1.82) is 0 Å². The predicted octanol–water partition coefficient (Wildman–Crippen LogP) is 2.39. The minimum Gasteiger partial charge on any atom is -0.456 e. The Morgan fingerprint density at radius 3 is 2.31 bits per heavy atom. The van der Waals surface area contributed by atoms with Crippen molar-refractivity contribution in [3.63, 3.8) is 0 Å². The monoisotopic (exact) mass is 424 g/mol. The molecule has 10 heteroatoms. The first-order valence-corrected chi connectivity index (χ1v) is 9.32. The number of H-pyrrole nitrogens is 1. The first kappa shape index (κ1) is 21.1. The quantitative estimate of drug-likeness (QED) is 0.451. The highest BCUT2D eigenvalue weighted by molar-refractivity contribution is 6.29. The van der Waals surface area contributed by atoms with Crippen molar-refractivity contribution >= 4 is 40.5 Å². The maximum absolute atomic E-state index is 11.8. The van der Waals surface area contributed by atoms with Crippen LogP contribution in [0.5, 0.6) is 0 Å². The van der Waals surface area contributed by atoms with Crippen molar-refractivity contribution < 1.29 is 33.3 Å². The Kier molecular flexibility index (Phi) is 6.09. The molecule has 2 aromatic heterocycles. The van der Waals surface area contributed by atoms with Crippen molar-refractivity contribution in [3.05, 3.63) is 28.5 Å². The number of aromatic amines is 1. The summed E-state index contributed by atoms with van der Waals surface area (Å²) in [7, 11) is 0. The molecule has 3 rings (SSSR count). The number of carbonyl (C=O) groups is 3. The van der Waals surface area contributed by atoms with E-state index in [1.807, 2.05) is 13.0 Å². The van der Waals surface area contributed by atoms with Crippen LogP contribution in [0, 0.1) is 6.92 Å². The first-order chi connectivity index (χ1) is 13.7. The van der Waals surface area contributed by atoms with E-state index in [1.165, 1.54) is 20.8 Å². The van der Waals surface area contributed by atoms with Crippen LogP contribution in [0.1, 0.15) is 38.1 Å². The molecule has 0 amide bonds. The number of rotatable bonds is 4. The normalized spacial score (nSPS) is 24.2. The van der Waals surface area contributed by atoms with Crippen LogP contribution in [0.25, 0.3) is 11.0 Å². The zero-order chi connectivity index (χ0) is 21.3. The number of aryl methyl sites for hydroxylation is 1. The maximum atomic E-state index is 11.8. The largest absolute Gasteiger partial charge is 0.456 e. The van der Waals surface area contributed by atoms with Crippen molar-refractivity contribution in [2.45, 2.75) is 52.1 Å². The van der Waals surface area contributed by atoms with E-state index in [2.05, 4.69) is 9.97 Å². The minimum atomic E-state index is -1.04. The van der Waals surface area contributed by atoms with Gasteiger partial charge in [0.2, 0.25) is 0 Å². The van der Waals surface area contributed by atoms with E-state index >= 15 is 0 Å². The second-order valence-electron chi connectivity index (χ2n) is 6.80. The Morgan fingerprint density at radius 2 is 1.69 bits per heavy atom. The lowest BCUT2D eigenvalue weighted by Crippen LogP contribution is -2.54. The number of esters is 3. The van der Waals surface area contributed by atoms with Gasteiger partial charge in [0.05, 0.1) is 12.3 Å². The van der Waals surface area contributed by atoms with E-state index in [4.69, 9.17) is 30.5 Å². The van der Waals surface area contributed by atoms with Gasteiger partial charge in [0.15, 0.2) is 18.3 Å². The molecular formula is C19H21ClN2O7. The molecule has 3 heterocycles. The highest BCUT2D eigenvalue weighted by Crippen LogP contribution is 2.35. The SMILES string of the molecule is CC(=O)O[C@H]1[C@H](OC(C)=O)C(c2cc3c(C)cc(Cl)nc3[nH]2)OC[C@H]1OC(C)=O. The third kappa shape index (κ3) is 4.68. The number of hydrogen-bond donors (Lipinski definition) is 1. The number of fused-ring (bicyclic) bond motifs is 1. The minimum absolute atomic E-state index is 0.0531. The Morgan fingerprint density at radius 1 is 1.07 bits per heavy atom. The summed E-state index contributed by atoms with van der Waals surface area (Å²) in [5.41, 5.74) is 2.00. The number of pyridine rings is 1. The molecule has 0 spiro atoms. The molecule has 4 atom stereocenters. The number of hydrogen-bond acceptors (Lipinski definition) is 8. The molecule has 156 valence electrons. The smallest absolute Gasteiger partial charge is 0.303 e. The zero-order valence-corrected chi connectivity index (χ0v) is 17.1. The van der Waals surface area contributed by atoms with Crippen molar-refractivity contribution in [2.75, 3.05) is 6.61 Å². The Labute approximate surface area is 171 Å². The molecule has 1 aliphatic rings. The molecule has 1 fully saturated rings. The maximum Gasteiger partial charge on any atom is 0.303 e. The van der Waals surface area contributed by atoms with Gasteiger partial charge in [-0.05, 0) is 24.6 Å². The summed E-state index contributed by atoms with van der Waals surface area (Å²) >= 11 is 6.03. The van der Waals surface area contributed by atoms with E-state index in [9.17, 15) is 14.4 Å². The van der Waals surface area contributed by atoms with Gasteiger partial charge in [0.1, 0.15) is 16.9 Å². The fourth-order valence-electron chi connectivity index (χ4n) is 3.41. The van der Waals surface area contributed by atoms with Gasteiger partial charge in [-0.25, -0.2) is 4.98 Å². The summed E-state index contributed by atoms with van der Waals surface area (Å²) in [5, 5.41) is 1.15. The zero-order valence-electron chi connectivity index (χ0n) is 16.4. The van der Waals surface area contributed by atoms with Gasteiger partial charge in [-0.3, -0.25) is 14.4 Å². The standard InChI is InChI=1S/C19H21ClN2O7/c1-8-5-15(20)22-19-12(8)6-13(21-19)16-18(29-11(4)25)17(28-10(3)24)14(7-26-16)27-9(2)23/h5-6,14,16-18H,7H2,1-4H3,(H,21,22)/t14-,16?,17-,18-/m1/s1. The average molecular weight is 425 g/mol. The van der Waals surface area contributed by atoms with Crippen LogP contribution in [-0.4, -0.2) is 52.8 Å². The summed E-state index contributed by atoms with van der Waals surface area (Å²) in [6.07, 6.45) is -3.81. The summed E-state index contributed by atoms with van der Waals surface area (Å²) in [5.74, 6) is -1.78. The van der Waals surface area contributed by atoms with E-state index in [1.54, 1.807) is 6.07 Å². The third-order valence-corrected chi connectivity index (χ3v) is 4.65. The second-order valence-corrected chi connectivity index (χ2v) is 7.19. The number of nitrogens with zero attached hydrogens (tertiary/aromatic N) is 1. The van der Waals surface area contributed by atoms with Crippen LogP contribution >= 0.6 is 11.6 Å². The highest BCUT2D eigenvalue weighted by atomic mass is 35.5. The molecular weight excluding hydrogens is 404 g/mol. The molecule has 0 aromatic carbocycles.